The third-order valence-electron chi connectivity index (χ3n) is 12.8. The fraction of sp³-hybridized carbons (Fsp3) is 0.362. The summed E-state index contributed by atoms with van der Waals surface area (Å²) in [4.78, 5) is 66.4. The number of aromatic nitrogens is 3. The van der Waals surface area contributed by atoms with Crippen molar-refractivity contribution in [1.29, 1.82) is 5.41 Å². The first-order valence-corrected chi connectivity index (χ1v) is 25.1. The van der Waals surface area contributed by atoms with Crippen molar-refractivity contribution >= 4 is 47.4 Å². The molecule has 15 nitrogen and oxygen atoms in total. The molecular weight excluding hydrogens is 921 g/mol. The second-order valence-corrected chi connectivity index (χ2v) is 18.0. The van der Waals surface area contributed by atoms with Gasteiger partial charge in [0.15, 0.2) is 6.29 Å². The maximum Gasteiger partial charge on any atom is 0.257 e. The Bertz CT molecular complexity index is 2880. The number of amides is 2. The number of likely N-dealkylation sites (N-methyl/N-ethyl adjacent to an activating group) is 1. The molecule has 1 aliphatic rings. The molecule has 0 aliphatic heterocycles. The number of fused-ring (bicyclic) bond motifs is 1. The van der Waals surface area contributed by atoms with Crippen LogP contribution in [-0.2, 0) is 25.7 Å². The summed E-state index contributed by atoms with van der Waals surface area (Å²) in [6.45, 7) is 1.77. The maximum atomic E-state index is 13.3. The Morgan fingerprint density at radius 1 is 0.890 bits per heavy atom. The van der Waals surface area contributed by atoms with Gasteiger partial charge < -0.3 is 49.4 Å². The Hall–Kier alpha value is -7.51. The number of aldehydes is 3. The maximum absolute atomic E-state index is 13.3. The first kappa shape index (κ1) is 54.8. The summed E-state index contributed by atoms with van der Waals surface area (Å²) in [5.41, 5.74) is 7.94. The van der Waals surface area contributed by atoms with Gasteiger partial charge in [0.25, 0.3) is 5.91 Å². The van der Waals surface area contributed by atoms with Crippen molar-refractivity contribution in [2.24, 2.45) is 0 Å². The molecule has 5 N–H and O–H groups in total. The van der Waals surface area contributed by atoms with E-state index in [0.29, 0.717) is 88.4 Å². The summed E-state index contributed by atoms with van der Waals surface area (Å²) in [5, 5.41) is 29.4. The van der Waals surface area contributed by atoms with Crippen LogP contribution in [0, 0.1) is 17.3 Å². The number of hydrogen-bond acceptors (Lipinski definition) is 11. The molecule has 15 heteroatoms. The molecule has 0 spiro atoms. The average molecular weight is 989 g/mol. The van der Waals surface area contributed by atoms with E-state index in [2.05, 4.69) is 68.8 Å². The fourth-order valence-electron chi connectivity index (χ4n) is 9.04. The van der Waals surface area contributed by atoms with Gasteiger partial charge in [-0.25, -0.2) is 4.98 Å². The summed E-state index contributed by atoms with van der Waals surface area (Å²) >= 11 is 0. The van der Waals surface area contributed by atoms with Gasteiger partial charge in [0.1, 0.15) is 23.7 Å². The van der Waals surface area contributed by atoms with Gasteiger partial charge in [-0.05, 0) is 93.9 Å². The minimum absolute atomic E-state index is 0.0647. The van der Waals surface area contributed by atoms with Crippen LogP contribution in [0.25, 0.3) is 33.4 Å². The summed E-state index contributed by atoms with van der Waals surface area (Å²) in [5.74, 6) is 5.95. The molecule has 2 heterocycles. The highest BCUT2D eigenvalue weighted by Gasteiger charge is 2.28. The zero-order chi connectivity index (χ0) is 52.0. The van der Waals surface area contributed by atoms with Gasteiger partial charge in [-0.2, -0.15) is 0 Å². The standard InChI is InChI=1S/C56H61N7O7.C2H7N/c1-61(46(38-66)20-13-33-64)56(69)50-44(37-65)19-12-21-48(50)58-31-34-70-35-32-59-49(68)22-11-3-2-6-14-40-23-25-41(26-24-40)36-62-53(43-17-9-5-10-18-43)51(42-15-7-4-8-16-42)52-54(57)63(39-60-55(52)62)45-27-29-47(67)30-28-45;1-3-2/h4-5,7-10,12,15-19,21,23-26,33,37-39,45-47,57-58,67H,2-3,11,13,20,22,27-32,34-36H2,1H3,(H,59,68);3H,1-2H3. The minimum Gasteiger partial charge on any atom is -0.393 e. The zero-order valence-electron chi connectivity index (χ0n) is 42.1. The van der Waals surface area contributed by atoms with Crippen molar-refractivity contribution in [2.45, 2.75) is 88.9 Å². The quantitative estimate of drug-likeness (QED) is 0.0242. The second kappa shape index (κ2) is 28.5. The van der Waals surface area contributed by atoms with Crippen LogP contribution in [0.1, 0.15) is 102 Å². The number of unbranched alkanes of at least 4 members (excludes halogenated alkanes) is 2. The van der Waals surface area contributed by atoms with Gasteiger partial charge in [-0.3, -0.25) is 19.8 Å². The minimum atomic E-state index is -0.805. The van der Waals surface area contributed by atoms with Crippen molar-refractivity contribution < 1.29 is 33.8 Å². The van der Waals surface area contributed by atoms with Crippen molar-refractivity contribution in [1.82, 2.24) is 29.7 Å². The number of benzene rings is 4. The first-order chi connectivity index (χ1) is 35.6. The molecule has 7 rings (SSSR count). The molecule has 0 bridgehead atoms. The molecule has 0 saturated heterocycles. The van der Waals surface area contributed by atoms with E-state index in [-0.39, 0.29) is 48.6 Å². The van der Waals surface area contributed by atoms with E-state index in [1.807, 2.05) is 73.5 Å². The lowest BCUT2D eigenvalue weighted by Gasteiger charge is -2.27. The molecule has 6 aromatic rings. The molecule has 1 aliphatic carbocycles. The Balaban J connectivity index is 0.00000283. The second-order valence-electron chi connectivity index (χ2n) is 18.0. The lowest BCUT2D eigenvalue weighted by atomic mass is 9.93. The SMILES string of the molecule is CN(C(=O)c1c(C=O)cccc1NCCOCCNC(=O)CCCCC#Cc1ccc(Cn2c(-c3ccccc3)c(-c3ccccc3)c3c(=N)n(C4CCC(O)CC4)cnc32)cc1)C(C=O)CCC=O.CNC. The van der Waals surface area contributed by atoms with Crippen molar-refractivity contribution in [3.8, 4) is 34.2 Å². The average Bonchev–Trinajstić information content (AvgIpc) is 3.75. The molecule has 1 atom stereocenters. The smallest absolute Gasteiger partial charge is 0.257 e. The van der Waals surface area contributed by atoms with Crippen LogP contribution >= 0.6 is 0 Å². The molecule has 4 aromatic carbocycles. The Morgan fingerprint density at radius 2 is 1.58 bits per heavy atom. The van der Waals surface area contributed by atoms with Gasteiger partial charge in [0.2, 0.25) is 5.91 Å². The number of rotatable bonds is 23. The number of aliphatic hydroxyl groups excluding tert-OH is 1. The lowest BCUT2D eigenvalue weighted by Crippen LogP contribution is -2.39. The summed E-state index contributed by atoms with van der Waals surface area (Å²) in [6, 6.07) is 33.0. The van der Waals surface area contributed by atoms with Gasteiger partial charge in [-0.15, -0.1) is 0 Å². The monoisotopic (exact) mass is 989 g/mol. The molecule has 382 valence electrons. The van der Waals surface area contributed by atoms with Crippen molar-refractivity contribution in [3.05, 3.63) is 137 Å². The van der Waals surface area contributed by atoms with Crippen molar-refractivity contribution in [3.63, 3.8) is 0 Å². The Labute approximate surface area is 427 Å². The first-order valence-electron chi connectivity index (χ1n) is 25.1. The number of aliphatic hydroxyl groups is 1. The predicted molar refractivity (Wildman–Crippen MR) is 285 cm³/mol. The van der Waals surface area contributed by atoms with Gasteiger partial charge in [0.05, 0.1) is 48.3 Å². The third-order valence-corrected chi connectivity index (χ3v) is 12.8. The van der Waals surface area contributed by atoms with E-state index in [1.165, 1.54) is 18.0 Å². The Kier molecular flexibility index (Phi) is 21.4. The molecule has 2 aromatic heterocycles. The van der Waals surface area contributed by atoms with Crippen LogP contribution in [0.15, 0.2) is 109 Å². The van der Waals surface area contributed by atoms with Crippen LogP contribution in [0.3, 0.4) is 0 Å². The highest BCUT2D eigenvalue weighted by Crippen LogP contribution is 2.40. The lowest BCUT2D eigenvalue weighted by molar-refractivity contribution is -0.121. The summed E-state index contributed by atoms with van der Waals surface area (Å²) in [7, 11) is 5.22. The zero-order valence-corrected chi connectivity index (χ0v) is 42.1. The number of hydrogen-bond donors (Lipinski definition) is 5. The number of nitrogens with zero attached hydrogens (tertiary/aromatic N) is 4. The molecule has 1 fully saturated rings. The van der Waals surface area contributed by atoms with E-state index in [4.69, 9.17) is 9.72 Å². The topological polar surface area (TPSA) is 201 Å². The van der Waals surface area contributed by atoms with Crippen LogP contribution in [0.4, 0.5) is 5.69 Å². The normalized spacial score (nSPS) is 14.4. The molecule has 1 saturated carbocycles. The number of carbonyl (C=O) groups is 5. The highest BCUT2D eigenvalue weighted by atomic mass is 16.5. The number of carbonyl (C=O) groups excluding carboxylic acids is 5. The van der Waals surface area contributed by atoms with Crippen LogP contribution in [0.5, 0.6) is 0 Å². The number of ether oxygens (including phenoxy) is 1. The molecule has 2 amide bonds. The van der Waals surface area contributed by atoms with Gasteiger partial charge in [0, 0.05) is 74.4 Å². The highest BCUT2D eigenvalue weighted by molar-refractivity contribution is 6.07. The van der Waals surface area contributed by atoms with E-state index >= 15 is 0 Å². The largest absolute Gasteiger partial charge is 0.393 e. The van der Waals surface area contributed by atoms with E-state index in [1.54, 1.807) is 12.1 Å². The summed E-state index contributed by atoms with van der Waals surface area (Å²) in [6.07, 6.45) is 9.29. The number of nitrogens with one attached hydrogen (secondary N) is 4. The van der Waals surface area contributed by atoms with E-state index in [9.17, 15) is 34.5 Å². The van der Waals surface area contributed by atoms with Crippen LogP contribution < -0.4 is 21.4 Å². The van der Waals surface area contributed by atoms with Crippen molar-refractivity contribution in [2.75, 3.05) is 52.8 Å². The number of anilines is 1. The predicted octanol–water partition coefficient (Wildman–Crippen LogP) is 7.60. The van der Waals surface area contributed by atoms with Gasteiger partial charge in [-0.1, -0.05) is 96.8 Å². The van der Waals surface area contributed by atoms with E-state index < -0.39 is 11.9 Å². The van der Waals surface area contributed by atoms with Gasteiger partial charge >= 0.3 is 0 Å². The van der Waals surface area contributed by atoms with Crippen LogP contribution in [0.2, 0.25) is 0 Å². The summed E-state index contributed by atoms with van der Waals surface area (Å²) < 4.78 is 9.91. The molecule has 0 radical (unpaired) electrons. The molecular formula is C58H68N8O7. The third kappa shape index (κ3) is 14.8. The Morgan fingerprint density at radius 3 is 2.25 bits per heavy atom. The fourth-order valence-corrected chi connectivity index (χ4v) is 9.04. The molecule has 1 unspecified atom stereocenters. The molecule has 73 heavy (non-hydrogen) atoms. The van der Waals surface area contributed by atoms with E-state index in [0.717, 1.165) is 63.8 Å². The van der Waals surface area contributed by atoms with Crippen LogP contribution in [-0.4, -0.2) is 114 Å².